The predicted octanol–water partition coefficient (Wildman–Crippen LogP) is 1.79. The normalized spacial score (nSPS) is 24.3. The molecule has 1 saturated heterocycles. The molecule has 1 atom stereocenters. The van der Waals surface area contributed by atoms with Gasteiger partial charge < -0.3 is 0 Å². The zero-order chi connectivity index (χ0) is 12.5. The molecule has 0 unspecified atom stereocenters. The zero-order valence-electron chi connectivity index (χ0n) is 10.0. The highest BCUT2D eigenvalue weighted by Crippen LogP contribution is 2.26. The van der Waals surface area contributed by atoms with Crippen LogP contribution >= 0.6 is 0 Å². The van der Waals surface area contributed by atoms with Gasteiger partial charge in [-0.3, -0.25) is 4.18 Å². The van der Waals surface area contributed by atoms with Gasteiger partial charge in [-0.25, -0.2) is 0 Å². The van der Waals surface area contributed by atoms with Gasteiger partial charge in [-0.05, 0) is 11.5 Å². The van der Waals surface area contributed by atoms with Gasteiger partial charge in [0.1, 0.15) is 0 Å². The fourth-order valence-electron chi connectivity index (χ4n) is 1.96. The Morgan fingerprint density at radius 1 is 1.35 bits per heavy atom. The summed E-state index contributed by atoms with van der Waals surface area (Å²) in [7, 11) is -3.55. The van der Waals surface area contributed by atoms with Crippen LogP contribution < -0.4 is 0 Å². The van der Waals surface area contributed by atoms with Gasteiger partial charge in [-0.2, -0.15) is 12.7 Å². The Morgan fingerprint density at radius 3 is 2.59 bits per heavy atom. The SMILES string of the molecule is CC(C)[C@H]1COS(=O)(=O)N1Cc1ccccc1. The van der Waals surface area contributed by atoms with E-state index >= 15 is 0 Å². The van der Waals surface area contributed by atoms with Gasteiger partial charge in [0.05, 0.1) is 12.6 Å². The molecule has 1 fully saturated rings. The minimum atomic E-state index is -3.55. The van der Waals surface area contributed by atoms with Crippen molar-refractivity contribution in [3.8, 4) is 0 Å². The molecule has 94 valence electrons. The average Bonchev–Trinajstić information content (AvgIpc) is 2.56. The Kier molecular flexibility index (Phi) is 3.51. The van der Waals surface area contributed by atoms with E-state index in [1.807, 2.05) is 44.2 Å². The summed E-state index contributed by atoms with van der Waals surface area (Å²) in [6.45, 7) is 4.65. The second-order valence-corrected chi connectivity index (χ2v) is 6.14. The predicted molar refractivity (Wildman–Crippen MR) is 65.5 cm³/mol. The molecule has 1 aromatic carbocycles. The molecule has 0 aromatic heterocycles. The molecule has 4 nitrogen and oxygen atoms in total. The molecule has 1 aliphatic rings. The third kappa shape index (κ3) is 2.68. The summed E-state index contributed by atoms with van der Waals surface area (Å²) in [5, 5.41) is 0. The number of benzene rings is 1. The summed E-state index contributed by atoms with van der Waals surface area (Å²) in [5.41, 5.74) is 0.979. The van der Waals surface area contributed by atoms with E-state index in [0.29, 0.717) is 6.54 Å². The minimum absolute atomic E-state index is 0.0693. The second-order valence-electron chi connectivity index (χ2n) is 4.58. The van der Waals surface area contributed by atoms with Crippen LogP contribution in [-0.2, 0) is 21.0 Å². The smallest absolute Gasteiger partial charge is 0.256 e. The molecule has 1 aliphatic heterocycles. The van der Waals surface area contributed by atoms with Crippen molar-refractivity contribution < 1.29 is 12.6 Å². The third-order valence-corrected chi connectivity index (χ3v) is 4.40. The Bertz CT molecular complexity index is 470. The lowest BCUT2D eigenvalue weighted by Gasteiger charge is -2.23. The maximum Gasteiger partial charge on any atom is 0.339 e. The third-order valence-electron chi connectivity index (χ3n) is 3.00. The lowest BCUT2D eigenvalue weighted by Crippen LogP contribution is -2.36. The van der Waals surface area contributed by atoms with Gasteiger partial charge in [0.25, 0.3) is 0 Å². The van der Waals surface area contributed by atoms with Crippen LogP contribution in [0.5, 0.6) is 0 Å². The first-order valence-corrected chi connectivity index (χ1v) is 7.07. The summed E-state index contributed by atoms with van der Waals surface area (Å²) in [4.78, 5) is 0. The second kappa shape index (κ2) is 4.76. The van der Waals surface area contributed by atoms with Crippen LogP contribution in [0, 0.1) is 5.92 Å². The summed E-state index contributed by atoms with van der Waals surface area (Å²) in [5.74, 6) is 0.246. The van der Waals surface area contributed by atoms with Crippen LogP contribution in [0.3, 0.4) is 0 Å². The van der Waals surface area contributed by atoms with Gasteiger partial charge in [0.2, 0.25) is 0 Å². The maximum atomic E-state index is 11.8. The highest BCUT2D eigenvalue weighted by atomic mass is 32.2. The molecule has 0 aliphatic carbocycles. The Labute approximate surface area is 102 Å². The van der Waals surface area contributed by atoms with Crippen LogP contribution in [0.25, 0.3) is 0 Å². The van der Waals surface area contributed by atoms with E-state index in [0.717, 1.165) is 5.56 Å². The topological polar surface area (TPSA) is 46.6 Å². The van der Waals surface area contributed by atoms with Gasteiger partial charge >= 0.3 is 10.3 Å². The summed E-state index contributed by atoms with van der Waals surface area (Å²) in [6.07, 6.45) is 0. The standard InChI is InChI=1S/C12H17NO3S/c1-10(2)12-9-16-17(14,15)13(12)8-11-6-4-3-5-7-11/h3-7,10,12H,8-9H2,1-2H3/t12-/m1/s1. The molecule has 0 spiro atoms. The highest BCUT2D eigenvalue weighted by Gasteiger charge is 2.40. The number of hydrogen-bond donors (Lipinski definition) is 0. The van der Waals surface area contributed by atoms with Gasteiger partial charge in [0, 0.05) is 6.54 Å². The van der Waals surface area contributed by atoms with Crippen molar-refractivity contribution in [2.24, 2.45) is 5.92 Å². The van der Waals surface area contributed by atoms with Crippen molar-refractivity contribution in [2.45, 2.75) is 26.4 Å². The molecular formula is C12H17NO3S. The largest absolute Gasteiger partial charge is 0.339 e. The fourth-order valence-corrected chi connectivity index (χ4v) is 3.35. The van der Waals surface area contributed by atoms with Crippen LogP contribution in [0.4, 0.5) is 0 Å². The lowest BCUT2D eigenvalue weighted by molar-refractivity contribution is 0.250. The van der Waals surface area contributed by atoms with Gasteiger partial charge in [-0.15, -0.1) is 0 Å². The average molecular weight is 255 g/mol. The summed E-state index contributed by atoms with van der Waals surface area (Å²) in [6, 6.07) is 9.50. The summed E-state index contributed by atoms with van der Waals surface area (Å²) >= 11 is 0. The molecule has 5 heteroatoms. The Balaban J connectivity index is 2.22. The van der Waals surface area contributed by atoms with Crippen LogP contribution in [0.15, 0.2) is 30.3 Å². The molecule has 0 radical (unpaired) electrons. The Morgan fingerprint density at radius 2 is 2.00 bits per heavy atom. The lowest BCUT2D eigenvalue weighted by atomic mass is 10.1. The maximum absolute atomic E-state index is 11.8. The molecular weight excluding hydrogens is 238 g/mol. The van der Waals surface area contributed by atoms with Crippen molar-refractivity contribution in [2.75, 3.05) is 6.61 Å². The van der Waals surface area contributed by atoms with E-state index < -0.39 is 10.3 Å². The van der Waals surface area contributed by atoms with E-state index in [-0.39, 0.29) is 18.6 Å². The van der Waals surface area contributed by atoms with Crippen molar-refractivity contribution in [3.63, 3.8) is 0 Å². The molecule has 1 aromatic rings. The zero-order valence-corrected chi connectivity index (χ0v) is 10.9. The van der Waals surface area contributed by atoms with Crippen molar-refractivity contribution in [1.82, 2.24) is 4.31 Å². The number of hydrogen-bond acceptors (Lipinski definition) is 3. The van der Waals surface area contributed by atoms with Gasteiger partial charge in [0.15, 0.2) is 0 Å². The molecule has 0 saturated carbocycles. The molecule has 1 heterocycles. The molecule has 0 amide bonds. The van der Waals surface area contributed by atoms with E-state index in [4.69, 9.17) is 4.18 Å². The quantitative estimate of drug-likeness (QED) is 0.827. The Hall–Kier alpha value is -0.910. The van der Waals surface area contributed by atoms with E-state index in [1.54, 1.807) is 0 Å². The first-order chi connectivity index (χ1) is 8.00. The van der Waals surface area contributed by atoms with Crippen molar-refractivity contribution >= 4 is 10.3 Å². The molecule has 0 N–H and O–H groups in total. The van der Waals surface area contributed by atoms with Crippen LogP contribution in [0.1, 0.15) is 19.4 Å². The van der Waals surface area contributed by atoms with Crippen molar-refractivity contribution in [3.05, 3.63) is 35.9 Å². The summed E-state index contributed by atoms with van der Waals surface area (Å²) < 4.78 is 29.9. The van der Waals surface area contributed by atoms with Crippen LogP contribution in [0.2, 0.25) is 0 Å². The van der Waals surface area contributed by atoms with E-state index in [9.17, 15) is 8.42 Å². The molecule has 17 heavy (non-hydrogen) atoms. The molecule has 0 bridgehead atoms. The van der Waals surface area contributed by atoms with Gasteiger partial charge in [-0.1, -0.05) is 44.2 Å². The first-order valence-electron chi connectivity index (χ1n) is 5.71. The first kappa shape index (κ1) is 12.5. The van der Waals surface area contributed by atoms with Crippen LogP contribution in [-0.4, -0.2) is 25.4 Å². The monoisotopic (exact) mass is 255 g/mol. The van der Waals surface area contributed by atoms with Crippen molar-refractivity contribution in [1.29, 1.82) is 0 Å². The number of nitrogens with zero attached hydrogens (tertiary/aromatic N) is 1. The molecule has 2 rings (SSSR count). The minimum Gasteiger partial charge on any atom is -0.256 e. The van der Waals surface area contributed by atoms with E-state index in [2.05, 4.69) is 0 Å². The number of rotatable bonds is 3. The fraction of sp³-hybridized carbons (Fsp3) is 0.500. The highest BCUT2D eigenvalue weighted by molar-refractivity contribution is 7.84. The van der Waals surface area contributed by atoms with E-state index in [1.165, 1.54) is 4.31 Å².